The van der Waals surface area contributed by atoms with E-state index in [4.69, 9.17) is 22.2 Å². The fourth-order valence-corrected chi connectivity index (χ4v) is 3.75. The van der Waals surface area contributed by atoms with Crippen molar-refractivity contribution in [1.29, 1.82) is 5.26 Å². The van der Waals surface area contributed by atoms with E-state index in [1.54, 1.807) is 31.1 Å². The number of carbonyl (C=O) groups excluding carboxylic acids is 1. The summed E-state index contributed by atoms with van der Waals surface area (Å²) in [5.41, 5.74) is 4.35. The molecule has 0 radical (unpaired) electrons. The number of hydrogen-bond donors (Lipinski definition) is 1. The van der Waals surface area contributed by atoms with Gasteiger partial charge in [-0.05, 0) is 55.9 Å². The van der Waals surface area contributed by atoms with Crippen molar-refractivity contribution in [3.05, 3.63) is 70.9 Å². The van der Waals surface area contributed by atoms with Crippen molar-refractivity contribution in [2.24, 2.45) is 0 Å². The van der Waals surface area contributed by atoms with E-state index >= 15 is 0 Å². The molecule has 1 atom stereocenters. The lowest BCUT2D eigenvalue weighted by molar-refractivity contribution is -0.125. The van der Waals surface area contributed by atoms with Gasteiger partial charge in [-0.2, -0.15) is 5.26 Å². The molecule has 7 heteroatoms. The molecule has 0 spiro atoms. The summed E-state index contributed by atoms with van der Waals surface area (Å²) in [6.07, 6.45) is 0. The van der Waals surface area contributed by atoms with Crippen LogP contribution >= 0.6 is 12.2 Å². The highest BCUT2D eigenvalue weighted by atomic mass is 32.1. The monoisotopic (exact) mass is 420 g/mol. The maximum atomic E-state index is 13.1. The number of allylic oxidation sites excluding steroid dienone is 1. The number of nitriles is 1. The van der Waals surface area contributed by atoms with E-state index in [0.717, 1.165) is 22.5 Å². The molecule has 1 aliphatic rings. The molecule has 2 aromatic carbocycles. The van der Waals surface area contributed by atoms with Gasteiger partial charge < -0.3 is 15.0 Å². The molecule has 0 aromatic heterocycles. The van der Waals surface area contributed by atoms with Crippen LogP contribution in [0.2, 0.25) is 0 Å². The zero-order valence-corrected chi connectivity index (χ0v) is 18.3. The van der Waals surface area contributed by atoms with Gasteiger partial charge in [0.15, 0.2) is 11.7 Å². The summed E-state index contributed by atoms with van der Waals surface area (Å²) in [7, 11) is 3.48. The van der Waals surface area contributed by atoms with Gasteiger partial charge in [-0.25, -0.2) is 0 Å². The van der Waals surface area contributed by atoms with E-state index in [-0.39, 0.29) is 18.6 Å². The van der Waals surface area contributed by atoms with Crippen molar-refractivity contribution in [2.75, 3.05) is 25.6 Å². The average molecular weight is 421 g/mol. The van der Waals surface area contributed by atoms with Crippen LogP contribution in [0.1, 0.15) is 24.1 Å². The Morgan fingerprint density at radius 3 is 2.37 bits per heavy atom. The lowest BCUT2D eigenvalue weighted by Crippen LogP contribution is -2.49. The van der Waals surface area contributed by atoms with E-state index in [2.05, 4.69) is 5.32 Å². The molecule has 1 aliphatic heterocycles. The standard InChI is InChI=1S/C23H24N4O2S/c1-15-5-9-18(10-6-15)27-16(2)20(22(28)26(3)4)21(25-23(27)30)17-7-11-19(12-8-17)29-14-13-24/h5-12,21H,14H2,1-4H3,(H,25,30)/t21-/m1/s1. The minimum Gasteiger partial charge on any atom is -0.479 e. The third-order valence-electron chi connectivity index (χ3n) is 4.93. The molecule has 0 aliphatic carbocycles. The van der Waals surface area contributed by atoms with Crippen LogP contribution in [0.25, 0.3) is 0 Å². The Balaban J connectivity index is 2.05. The molecule has 154 valence electrons. The highest BCUT2D eigenvalue weighted by molar-refractivity contribution is 7.80. The van der Waals surface area contributed by atoms with Gasteiger partial charge in [0, 0.05) is 25.5 Å². The molecular formula is C23H24N4O2S. The number of nitrogens with zero attached hydrogens (tertiary/aromatic N) is 3. The first-order valence-corrected chi connectivity index (χ1v) is 9.93. The first-order chi connectivity index (χ1) is 14.3. The van der Waals surface area contributed by atoms with Crippen molar-refractivity contribution in [2.45, 2.75) is 19.9 Å². The summed E-state index contributed by atoms with van der Waals surface area (Å²) < 4.78 is 5.33. The van der Waals surface area contributed by atoms with Gasteiger partial charge in [-0.3, -0.25) is 9.69 Å². The van der Waals surface area contributed by atoms with Gasteiger partial charge in [-0.15, -0.1) is 0 Å². The summed E-state index contributed by atoms with van der Waals surface area (Å²) >= 11 is 5.68. The number of hydrogen-bond acceptors (Lipinski definition) is 4. The van der Waals surface area contributed by atoms with Gasteiger partial charge >= 0.3 is 0 Å². The SMILES string of the molecule is CC1=C(C(=O)N(C)C)[C@@H](c2ccc(OCC#N)cc2)NC(=S)N1c1ccc(C)cc1. The van der Waals surface area contributed by atoms with Crippen molar-refractivity contribution < 1.29 is 9.53 Å². The summed E-state index contributed by atoms with van der Waals surface area (Å²) in [5, 5.41) is 12.5. The minimum atomic E-state index is -0.390. The summed E-state index contributed by atoms with van der Waals surface area (Å²) in [5.74, 6) is 0.510. The molecule has 0 unspecified atom stereocenters. The number of benzene rings is 2. The van der Waals surface area contributed by atoms with Crippen molar-refractivity contribution >= 4 is 28.9 Å². The Kier molecular flexibility index (Phi) is 6.38. The number of thiocarbonyl (C=S) groups is 1. The zero-order chi connectivity index (χ0) is 21.8. The van der Waals surface area contributed by atoms with Crippen LogP contribution in [0.4, 0.5) is 5.69 Å². The lowest BCUT2D eigenvalue weighted by Gasteiger charge is -2.38. The van der Waals surface area contributed by atoms with Crippen molar-refractivity contribution in [3.8, 4) is 11.8 Å². The van der Waals surface area contributed by atoms with Crippen molar-refractivity contribution in [1.82, 2.24) is 10.2 Å². The number of carbonyl (C=O) groups is 1. The Hall–Kier alpha value is -3.37. The first kappa shape index (κ1) is 21.3. The summed E-state index contributed by atoms with van der Waals surface area (Å²) in [6.45, 7) is 3.93. The van der Waals surface area contributed by atoms with E-state index in [1.165, 1.54) is 0 Å². The quantitative estimate of drug-likeness (QED) is 0.744. The molecule has 1 N–H and O–H groups in total. The number of likely N-dealkylation sites (N-methyl/N-ethyl adjacent to an activating group) is 1. The van der Waals surface area contributed by atoms with E-state index in [0.29, 0.717) is 16.4 Å². The van der Waals surface area contributed by atoms with Crippen molar-refractivity contribution in [3.63, 3.8) is 0 Å². The third kappa shape index (κ3) is 4.29. The topological polar surface area (TPSA) is 68.6 Å². The van der Waals surface area contributed by atoms with Crippen LogP contribution in [0.15, 0.2) is 59.8 Å². The van der Waals surface area contributed by atoms with Gasteiger partial charge in [-0.1, -0.05) is 29.8 Å². The smallest absolute Gasteiger partial charge is 0.253 e. The molecule has 0 bridgehead atoms. The van der Waals surface area contributed by atoms with Gasteiger partial charge in [0.05, 0.1) is 11.6 Å². The Morgan fingerprint density at radius 2 is 1.80 bits per heavy atom. The lowest BCUT2D eigenvalue weighted by atomic mass is 9.93. The normalized spacial score (nSPS) is 16.0. The number of amides is 1. The number of ether oxygens (including phenoxy) is 1. The predicted octanol–water partition coefficient (Wildman–Crippen LogP) is 3.70. The maximum absolute atomic E-state index is 13.1. The van der Waals surface area contributed by atoms with Crippen LogP contribution in [-0.2, 0) is 4.79 Å². The molecule has 6 nitrogen and oxygen atoms in total. The van der Waals surface area contributed by atoms with Crippen LogP contribution in [0.5, 0.6) is 5.75 Å². The maximum Gasteiger partial charge on any atom is 0.253 e. The Morgan fingerprint density at radius 1 is 1.17 bits per heavy atom. The zero-order valence-electron chi connectivity index (χ0n) is 17.5. The molecule has 30 heavy (non-hydrogen) atoms. The van der Waals surface area contributed by atoms with Gasteiger partial charge in [0.1, 0.15) is 11.8 Å². The van der Waals surface area contributed by atoms with Gasteiger partial charge in [0.2, 0.25) is 0 Å². The first-order valence-electron chi connectivity index (χ1n) is 9.53. The third-order valence-corrected chi connectivity index (χ3v) is 5.23. The van der Waals surface area contributed by atoms with Crippen LogP contribution in [-0.4, -0.2) is 36.6 Å². The average Bonchev–Trinajstić information content (AvgIpc) is 2.73. The summed E-state index contributed by atoms with van der Waals surface area (Å²) in [4.78, 5) is 16.6. The molecular weight excluding hydrogens is 396 g/mol. The molecule has 3 rings (SSSR count). The highest BCUT2D eigenvalue weighted by Crippen LogP contribution is 2.35. The molecule has 0 saturated carbocycles. The fourth-order valence-electron chi connectivity index (χ4n) is 3.39. The van der Waals surface area contributed by atoms with E-state index in [1.807, 2.05) is 61.2 Å². The number of rotatable bonds is 5. The molecule has 0 fully saturated rings. The Labute approximate surface area is 182 Å². The van der Waals surface area contributed by atoms with Crippen LogP contribution in [0.3, 0.4) is 0 Å². The summed E-state index contributed by atoms with van der Waals surface area (Å²) in [6, 6.07) is 16.9. The number of nitrogens with one attached hydrogen (secondary N) is 1. The molecule has 1 heterocycles. The number of aryl methyl sites for hydroxylation is 1. The van der Waals surface area contributed by atoms with Crippen LogP contribution < -0.4 is 15.0 Å². The fraction of sp³-hybridized carbons (Fsp3) is 0.261. The van der Waals surface area contributed by atoms with E-state index < -0.39 is 0 Å². The molecule has 1 amide bonds. The predicted molar refractivity (Wildman–Crippen MR) is 121 cm³/mol. The second kappa shape index (κ2) is 8.97. The Bertz CT molecular complexity index is 1020. The van der Waals surface area contributed by atoms with E-state index in [9.17, 15) is 4.79 Å². The highest BCUT2D eigenvalue weighted by Gasteiger charge is 2.35. The number of anilines is 1. The van der Waals surface area contributed by atoms with Crippen LogP contribution in [0, 0.1) is 18.3 Å². The van der Waals surface area contributed by atoms with Gasteiger partial charge in [0.25, 0.3) is 5.91 Å². The molecule has 0 saturated heterocycles. The minimum absolute atomic E-state index is 0.0139. The largest absolute Gasteiger partial charge is 0.479 e. The second-order valence-corrected chi connectivity index (χ2v) is 7.65. The second-order valence-electron chi connectivity index (χ2n) is 7.27. The molecule has 2 aromatic rings.